The van der Waals surface area contributed by atoms with Crippen molar-refractivity contribution in [1.82, 2.24) is 10.2 Å². The zero-order valence-corrected chi connectivity index (χ0v) is 13.8. The number of nitrogens with zero attached hydrogens (tertiary/aromatic N) is 2. The van der Waals surface area contributed by atoms with E-state index in [1.54, 1.807) is 7.11 Å². The van der Waals surface area contributed by atoms with Crippen LogP contribution < -0.4 is 15.0 Å². The Balaban J connectivity index is 1.81. The van der Waals surface area contributed by atoms with Crippen LogP contribution in [0, 0.1) is 0 Å². The normalized spacial score (nSPS) is 17.1. The van der Waals surface area contributed by atoms with Gasteiger partial charge >= 0.3 is 0 Å². The SMILES string of the molecule is CCC(C)NC(=O)CN1CCN(c2cccc(OC)c2)CC1. The zero-order valence-electron chi connectivity index (χ0n) is 13.8. The van der Waals surface area contributed by atoms with Crippen LogP contribution in [-0.4, -0.2) is 56.7 Å². The predicted molar refractivity (Wildman–Crippen MR) is 89.5 cm³/mol. The Morgan fingerprint density at radius 1 is 1.32 bits per heavy atom. The molecule has 1 fully saturated rings. The number of nitrogens with one attached hydrogen (secondary N) is 1. The van der Waals surface area contributed by atoms with Crippen LogP contribution in [0.1, 0.15) is 20.3 Å². The van der Waals surface area contributed by atoms with Crippen LogP contribution in [0.4, 0.5) is 5.69 Å². The summed E-state index contributed by atoms with van der Waals surface area (Å²) in [5.74, 6) is 1.01. The Kier molecular flexibility index (Phi) is 6.07. The lowest BCUT2D eigenvalue weighted by molar-refractivity contribution is -0.122. The monoisotopic (exact) mass is 305 g/mol. The summed E-state index contributed by atoms with van der Waals surface area (Å²) in [6, 6.07) is 8.39. The fourth-order valence-electron chi connectivity index (χ4n) is 2.60. The molecule has 0 radical (unpaired) electrons. The molecule has 1 unspecified atom stereocenters. The summed E-state index contributed by atoms with van der Waals surface area (Å²) in [5.41, 5.74) is 1.18. The van der Waals surface area contributed by atoms with Gasteiger partial charge < -0.3 is 15.0 Å². The van der Waals surface area contributed by atoms with Crippen molar-refractivity contribution in [2.24, 2.45) is 0 Å². The molecule has 2 rings (SSSR count). The number of hydrogen-bond acceptors (Lipinski definition) is 4. The number of methoxy groups -OCH3 is 1. The van der Waals surface area contributed by atoms with E-state index in [-0.39, 0.29) is 11.9 Å². The number of carbonyl (C=O) groups excluding carboxylic acids is 1. The van der Waals surface area contributed by atoms with Crippen LogP contribution in [0.2, 0.25) is 0 Å². The van der Waals surface area contributed by atoms with Gasteiger partial charge in [0.1, 0.15) is 5.75 Å². The highest BCUT2D eigenvalue weighted by Crippen LogP contribution is 2.21. The first-order valence-corrected chi connectivity index (χ1v) is 8.03. The van der Waals surface area contributed by atoms with Crippen LogP contribution in [0.15, 0.2) is 24.3 Å². The second-order valence-electron chi connectivity index (χ2n) is 5.84. The van der Waals surface area contributed by atoms with Crippen molar-refractivity contribution in [3.05, 3.63) is 24.3 Å². The van der Waals surface area contributed by atoms with E-state index in [1.807, 2.05) is 19.1 Å². The van der Waals surface area contributed by atoms with Gasteiger partial charge in [-0.25, -0.2) is 0 Å². The average molecular weight is 305 g/mol. The largest absolute Gasteiger partial charge is 0.497 e. The Bertz CT molecular complexity index is 485. The number of hydrogen-bond donors (Lipinski definition) is 1. The molecule has 22 heavy (non-hydrogen) atoms. The summed E-state index contributed by atoms with van der Waals surface area (Å²) in [5, 5.41) is 3.02. The standard InChI is InChI=1S/C17H27N3O2/c1-4-14(2)18-17(21)13-19-8-10-20(11-9-19)15-6-5-7-16(12-15)22-3/h5-7,12,14H,4,8-11,13H2,1-3H3,(H,18,21). The van der Waals surface area contributed by atoms with Crippen molar-refractivity contribution < 1.29 is 9.53 Å². The minimum Gasteiger partial charge on any atom is -0.497 e. The van der Waals surface area contributed by atoms with Gasteiger partial charge in [-0.3, -0.25) is 9.69 Å². The molecule has 1 N–H and O–H groups in total. The van der Waals surface area contributed by atoms with Gasteiger partial charge in [-0.15, -0.1) is 0 Å². The average Bonchev–Trinajstić information content (AvgIpc) is 2.55. The number of ether oxygens (including phenoxy) is 1. The summed E-state index contributed by atoms with van der Waals surface area (Å²) >= 11 is 0. The summed E-state index contributed by atoms with van der Waals surface area (Å²) < 4.78 is 5.28. The van der Waals surface area contributed by atoms with Crippen molar-refractivity contribution in [1.29, 1.82) is 0 Å². The Labute approximate surface area is 133 Å². The highest BCUT2D eigenvalue weighted by molar-refractivity contribution is 5.78. The smallest absolute Gasteiger partial charge is 0.234 e. The highest BCUT2D eigenvalue weighted by atomic mass is 16.5. The van der Waals surface area contributed by atoms with Gasteiger partial charge in [0.2, 0.25) is 5.91 Å². The lowest BCUT2D eigenvalue weighted by Gasteiger charge is -2.36. The van der Waals surface area contributed by atoms with E-state index >= 15 is 0 Å². The predicted octanol–water partition coefficient (Wildman–Crippen LogP) is 1.73. The number of benzene rings is 1. The third-order valence-corrected chi connectivity index (χ3v) is 4.18. The minimum absolute atomic E-state index is 0.129. The van der Waals surface area contributed by atoms with E-state index in [2.05, 4.69) is 34.2 Å². The van der Waals surface area contributed by atoms with E-state index in [0.29, 0.717) is 6.54 Å². The van der Waals surface area contributed by atoms with E-state index in [9.17, 15) is 4.79 Å². The number of piperazine rings is 1. The maximum Gasteiger partial charge on any atom is 0.234 e. The molecule has 1 aromatic rings. The Morgan fingerprint density at radius 3 is 2.68 bits per heavy atom. The number of carbonyl (C=O) groups is 1. The van der Waals surface area contributed by atoms with Gasteiger partial charge in [0.25, 0.3) is 0 Å². The van der Waals surface area contributed by atoms with Crippen molar-refractivity contribution in [2.75, 3.05) is 44.7 Å². The molecule has 1 heterocycles. The zero-order chi connectivity index (χ0) is 15.9. The fourth-order valence-corrected chi connectivity index (χ4v) is 2.60. The van der Waals surface area contributed by atoms with E-state index < -0.39 is 0 Å². The number of rotatable bonds is 6. The van der Waals surface area contributed by atoms with E-state index in [1.165, 1.54) is 5.69 Å². The topological polar surface area (TPSA) is 44.8 Å². The molecule has 1 amide bonds. The van der Waals surface area contributed by atoms with Crippen molar-refractivity contribution in [2.45, 2.75) is 26.3 Å². The van der Waals surface area contributed by atoms with Crippen molar-refractivity contribution >= 4 is 11.6 Å². The van der Waals surface area contributed by atoms with Crippen LogP contribution in [0.5, 0.6) is 5.75 Å². The molecule has 5 heteroatoms. The molecule has 1 saturated heterocycles. The summed E-state index contributed by atoms with van der Waals surface area (Å²) in [7, 11) is 1.69. The van der Waals surface area contributed by atoms with E-state index in [0.717, 1.165) is 38.3 Å². The summed E-state index contributed by atoms with van der Waals surface area (Å²) in [6.07, 6.45) is 0.968. The molecular weight excluding hydrogens is 278 g/mol. The molecular formula is C17H27N3O2. The molecule has 0 aliphatic carbocycles. The van der Waals surface area contributed by atoms with Gasteiger partial charge in [-0.1, -0.05) is 13.0 Å². The summed E-state index contributed by atoms with van der Waals surface area (Å²) in [6.45, 7) is 8.30. The van der Waals surface area contributed by atoms with Gasteiger partial charge in [0, 0.05) is 44.0 Å². The second-order valence-corrected chi connectivity index (χ2v) is 5.84. The Hall–Kier alpha value is -1.75. The first-order chi connectivity index (χ1) is 10.6. The maximum absolute atomic E-state index is 11.9. The van der Waals surface area contributed by atoms with Gasteiger partial charge in [0.15, 0.2) is 0 Å². The molecule has 0 aromatic heterocycles. The van der Waals surface area contributed by atoms with Crippen LogP contribution in [0.25, 0.3) is 0 Å². The first-order valence-electron chi connectivity index (χ1n) is 8.03. The maximum atomic E-state index is 11.9. The second kappa shape index (κ2) is 8.03. The summed E-state index contributed by atoms with van der Waals surface area (Å²) in [4.78, 5) is 16.5. The third kappa shape index (κ3) is 4.63. The molecule has 0 bridgehead atoms. The lowest BCUT2D eigenvalue weighted by Crippen LogP contribution is -2.50. The molecule has 1 atom stereocenters. The third-order valence-electron chi connectivity index (χ3n) is 4.18. The van der Waals surface area contributed by atoms with Crippen LogP contribution in [-0.2, 0) is 4.79 Å². The minimum atomic E-state index is 0.129. The quantitative estimate of drug-likeness (QED) is 0.869. The van der Waals surface area contributed by atoms with Crippen LogP contribution >= 0.6 is 0 Å². The van der Waals surface area contributed by atoms with Gasteiger partial charge in [0.05, 0.1) is 13.7 Å². The van der Waals surface area contributed by atoms with Crippen LogP contribution in [0.3, 0.4) is 0 Å². The molecule has 1 aliphatic rings. The fraction of sp³-hybridized carbons (Fsp3) is 0.588. The van der Waals surface area contributed by atoms with Crippen molar-refractivity contribution in [3.63, 3.8) is 0 Å². The highest BCUT2D eigenvalue weighted by Gasteiger charge is 2.19. The number of anilines is 1. The lowest BCUT2D eigenvalue weighted by atomic mass is 10.2. The number of amides is 1. The molecule has 1 aromatic carbocycles. The molecule has 122 valence electrons. The van der Waals surface area contributed by atoms with Gasteiger partial charge in [-0.05, 0) is 25.5 Å². The van der Waals surface area contributed by atoms with Crippen molar-refractivity contribution in [3.8, 4) is 5.75 Å². The molecule has 1 aliphatic heterocycles. The Morgan fingerprint density at radius 2 is 2.05 bits per heavy atom. The van der Waals surface area contributed by atoms with E-state index in [4.69, 9.17) is 4.74 Å². The molecule has 0 saturated carbocycles. The molecule has 0 spiro atoms. The first kappa shape index (κ1) is 16.6. The molecule has 5 nitrogen and oxygen atoms in total. The van der Waals surface area contributed by atoms with Gasteiger partial charge in [-0.2, -0.15) is 0 Å².